The molecule has 8 nitrogen and oxygen atoms in total. The molecule has 0 aliphatic carbocycles. The Balaban J connectivity index is 2.08. The van der Waals surface area contributed by atoms with Crippen LogP contribution in [-0.4, -0.2) is 37.3 Å². The molecule has 0 bridgehead atoms. The van der Waals surface area contributed by atoms with Gasteiger partial charge in [0.1, 0.15) is 11.9 Å². The number of hydrazine groups is 1. The number of halogens is 3. The molecule has 0 aliphatic rings. The molecule has 0 saturated heterocycles. The molecular weight excluding hydrogens is 399 g/mol. The van der Waals surface area contributed by atoms with Crippen molar-refractivity contribution in [2.24, 2.45) is 0 Å². The zero-order valence-corrected chi connectivity index (χ0v) is 15.5. The average Bonchev–Trinajstić information content (AvgIpc) is 3.04. The summed E-state index contributed by atoms with van der Waals surface area (Å²) in [6.07, 6.45) is -1.18. The Hall–Kier alpha value is -2.86. The molecule has 2 rings (SSSR count). The number of nitrogens with one attached hydrogen (secondary N) is 2. The Morgan fingerprint density at radius 2 is 1.89 bits per heavy atom. The van der Waals surface area contributed by atoms with Crippen molar-refractivity contribution >= 4 is 30.6 Å². The molecule has 12 heteroatoms. The Morgan fingerprint density at radius 3 is 2.50 bits per heavy atom. The van der Waals surface area contributed by atoms with E-state index in [0.717, 1.165) is 22.9 Å². The number of carbonyl (C=O) groups is 2. The Labute approximate surface area is 162 Å². The SMILES string of the molecule is CC(C)(O)C(=O)NNC(=O)/C=C\n1cnc(-c2cc(S)cc(C(F)(F)F)c2)n1. The largest absolute Gasteiger partial charge is 0.416 e. The van der Waals surface area contributed by atoms with Gasteiger partial charge in [0.05, 0.1) is 5.56 Å². The van der Waals surface area contributed by atoms with Crippen LogP contribution in [0.25, 0.3) is 17.6 Å². The van der Waals surface area contributed by atoms with Gasteiger partial charge in [0.15, 0.2) is 5.82 Å². The van der Waals surface area contributed by atoms with Crippen molar-refractivity contribution in [3.05, 3.63) is 36.2 Å². The molecular formula is C16H16F3N5O3S. The molecule has 0 aliphatic heterocycles. The number of carbonyl (C=O) groups excluding carboxylic acids is 2. The molecule has 1 aromatic heterocycles. The van der Waals surface area contributed by atoms with Crippen LogP contribution in [0.5, 0.6) is 0 Å². The first kappa shape index (κ1) is 21.4. The second-order valence-electron chi connectivity index (χ2n) is 6.13. The lowest BCUT2D eigenvalue weighted by molar-refractivity contribution is -0.139. The van der Waals surface area contributed by atoms with Gasteiger partial charge < -0.3 is 5.11 Å². The molecule has 1 heterocycles. The van der Waals surface area contributed by atoms with Crippen molar-refractivity contribution < 1.29 is 27.9 Å². The summed E-state index contributed by atoms with van der Waals surface area (Å²) in [5, 5.41) is 13.4. The minimum atomic E-state index is -4.54. The van der Waals surface area contributed by atoms with Crippen LogP contribution in [0, 0.1) is 0 Å². The number of nitrogens with zero attached hydrogens (tertiary/aromatic N) is 3. The van der Waals surface area contributed by atoms with E-state index in [0.29, 0.717) is 0 Å². The Kier molecular flexibility index (Phi) is 6.14. The van der Waals surface area contributed by atoms with Crippen LogP contribution in [-0.2, 0) is 15.8 Å². The summed E-state index contributed by atoms with van der Waals surface area (Å²) in [7, 11) is 0. The number of hydrogen-bond acceptors (Lipinski definition) is 6. The maximum atomic E-state index is 12.9. The maximum Gasteiger partial charge on any atom is 0.416 e. The third-order valence-corrected chi connectivity index (χ3v) is 3.50. The molecule has 0 unspecified atom stereocenters. The van der Waals surface area contributed by atoms with E-state index in [-0.39, 0.29) is 16.3 Å². The average molecular weight is 415 g/mol. The second kappa shape index (κ2) is 8.02. The predicted molar refractivity (Wildman–Crippen MR) is 95.6 cm³/mol. The van der Waals surface area contributed by atoms with E-state index in [1.807, 2.05) is 10.9 Å². The maximum absolute atomic E-state index is 12.9. The monoisotopic (exact) mass is 415 g/mol. The second-order valence-corrected chi connectivity index (χ2v) is 6.65. The van der Waals surface area contributed by atoms with E-state index in [9.17, 15) is 27.9 Å². The number of aromatic nitrogens is 3. The highest BCUT2D eigenvalue weighted by atomic mass is 32.1. The molecule has 0 fully saturated rings. The highest BCUT2D eigenvalue weighted by Crippen LogP contribution is 2.33. The first-order valence-corrected chi connectivity index (χ1v) is 8.15. The number of thiol groups is 1. The molecule has 150 valence electrons. The quantitative estimate of drug-likeness (QED) is 0.345. The molecule has 28 heavy (non-hydrogen) atoms. The fraction of sp³-hybridized carbons (Fsp3) is 0.250. The standard InChI is InChI=1S/C16H16F3N5O3S/c1-15(2,27)14(26)22-21-12(25)3-4-24-8-20-13(23-24)9-5-10(16(17,18)19)7-11(28)6-9/h3-8,27-28H,1-2H3,(H,21,25)(H,22,26)/b4-3-. The van der Waals surface area contributed by atoms with Crippen LogP contribution in [0.3, 0.4) is 0 Å². The van der Waals surface area contributed by atoms with Gasteiger partial charge >= 0.3 is 6.18 Å². The van der Waals surface area contributed by atoms with E-state index in [1.54, 1.807) is 0 Å². The van der Waals surface area contributed by atoms with Gasteiger partial charge in [-0.1, -0.05) is 0 Å². The van der Waals surface area contributed by atoms with Gasteiger partial charge in [0, 0.05) is 22.7 Å². The molecule has 0 saturated carbocycles. The van der Waals surface area contributed by atoms with Crippen LogP contribution in [0.4, 0.5) is 13.2 Å². The molecule has 3 N–H and O–H groups in total. The van der Waals surface area contributed by atoms with Crippen LogP contribution < -0.4 is 10.9 Å². The number of amides is 2. The third-order valence-electron chi connectivity index (χ3n) is 3.25. The smallest absolute Gasteiger partial charge is 0.381 e. The van der Waals surface area contributed by atoms with Crippen LogP contribution in [0.2, 0.25) is 0 Å². The zero-order valence-electron chi connectivity index (χ0n) is 14.7. The fourth-order valence-electron chi connectivity index (χ4n) is 1.84. The topological polar surface area (TPSA) is 109 Å². The minimum Gasteiger partial charge on any atom is -0.381 e. The number of benzene rings is 1. The highest BCUT2D eigenvalue weighted by molar-refractivity contribution is 7.80. The molecule has 2 amide bonds. The lowest BCUT2D eigenvalue weighted by atomic mass is 10.1. The zero-order chi connectivity index (χ0) is 21.1. The summed E-state index contributed by atoms with van der Waals surface area (Å²) in [5.74, 6) is -1.54. The minimum absolute atomic E-state index is 0.00166. The molecule has 0 radical (unpaired) electrons. The lowest BCUT2D eigenvalue weighted by Gasteiger charge is -2.16. The highest BCUT2D eigenvalue weighted by Gasteiger charge is 2.31. The molecule has 2 aromatic rings. The van der Waals surface area contributed by atoms with Crippen molar-refractivity contribution in [2.45, 2.75) is 30.5 Å². The predicted octanol–water partition coefficient (Wildman–Crippen LogP) is 1.64. The van der Waals surface area contributed by atoms with Crippen LogP contribution in [0.15, 0.2) is 35.5 Å². The van der Waals surface area contributed by atoms with Gasteiger partial charge in [-0.3, -0.25) is 20.4 Å². The summed E-state index contributed by atoms with van der Waals surface area (Å²) in [6.45, 7) is 2.48. The Bertz CT molecular complexity index is 919. The Morgan fingerprint density at radius 1 is 1.21 bits per heavy atom. The van der Waals surface area contributed by atoms with E-state index >= 15 is 0 Å². The number of hydrogen-bond donors (Lipinski definition) is 4. The van der Waals surface area contributed by atoms with Gasteiger partial charge in [0.25, 0.3) is 11.8 Å². The van der Waals surface area contributed by atoms with Gasteiger partial charge in [-0.2, -0.15) is 13.2 Å². The van der Waals surface area contributed by atoms with E-state index in [2.05, 4.69) is 22.7 Å². The summed E-state index contributed by atoms with van der Waals surface area (Å²) < 4.78 is 39.8. The molecule has 1 aromatic carbocycles. The summed E-state index contributed by atoms with van der Waals surface area (Å²) in [5.41, 5.74) is 1.61. The number of alkyl halides is 3. The first-order chi connectivity index (χ1) is 12.9. The van der Waals surface area contributed by atoms with Gasteiger partial charge in [-0.05, 0) is 32.0 Å². The molecule has 0 spiro atoms. The van der Waals surface area contributed by atoms with Crippen molar-refractivity contribution in [1.29, 1.82) is 0 Å². The third kappa shape index (κ3) is 5.82. The van der Waals surface area contributed by atoms with E-state index in [4.69, 9.17) is 0 Å². The molecule has 0 atom stereocenters. The normalized spacial score (nSPS) is 12.2. The first-order valence-electron chi connectivity index (χ1n) is 7.70. The van der Waals surface area contributed by atoms with Gasteiger partial charge in [-0.15, -0.1) is 17.7 Å². The van der Waals surface area contributed by atoms with Gasteiger partial charge in [-0.25, -0.2) is 9.67 Å². The summed E-state index contributed by atoms with van der Waals surface area (Å²) >= 11 is 3.96. The van der Waals surface area contributed by atoms with Crippen molar-refractivity contribution in [1.82, 2.24) is 25.6 Å². The summed E-state index contributed by atoms with van der Waals surface area (Å²) in [4.78, 5) is 27.0. The van der Waals surface area contributed by atoms with E-state index < -0.39 is 29.2 Å². The van der Waals surface area contributed by atoms with Crippen molar-refractivity contribution in [2.75, 3.05) is 0 Å². The number of rotatable bonds is 4. The van der Waals surface area contributed by atoms with E-state index in [1.165, 1.54) is 32.4 Å². The van der Waals surface area contributed by atoms with Crippen LogP contribution in [0.1, 0.15) is 19.4 Å². The fourth-order valence-corrected chi connectivity index (χ4v) is 2.12. The number of aliphatic hydroxyl groups is 1. The van der Waals surface area contributed by atoms with Gasteiger partial charge in [0.2, 0.25) is 0 Å². The van der Waals surface area contributed by atoms with Crippen molar-refractivity contribution in [3.8, 4) is 11.4 Å². The summed E-state index contributed by atoms with van der Waals surface area (Å²) in [6, 6.07) is 3.15. The van der Waals surface area contributed by atoms with Crippen molar-refractivity contribution in [3.63, 3.8) is 0 Å². The lowest BCUT2D eigenvalue weighted by Crippen LogP contribution is -2.50. The van der Waals surface area contributed by atoms with Crippen LogP contribution >= 0.6 is 12.6 Å².